The Morgan fingerprint density at radius 2 is 1.86 bits per heavy atom. The fourth-order valence-corrected chi connectivity index (χ4v) is 8.96. The van der Waals surface area contributed by atoms with Gasteiger partial charge in [-0.05, 0) is 62.9 Å². The van der Waals surface area contributed by atoms with E-state index in [1.165, 1.54) is 0 Å². The number of fused-ring (bicyclic) bond motifs is 1. The van der Waals surface area contributed by atoms with E-state index in [2.05, 4.69) is 47.7 Å². The fourth-order valence-electron chi connectivity index (χ4n) is 5.18. The second-order valence-corrected chi connectivity index (χ2v) is 19.9. The van der Waals surface area contributed by atoms with Crippen LogP contribution >= 0.6 is 0 Å². The molecule has 35 heavy (non-hydrogen) atoms. The summed E-state index contributed by atoms with van der Waals surface area (Å²) in [6, 6.07) is 7.79. The van der Waals surface area contributed by atoms with Crippen molar-refractivity contribution in [1.82, 2.24) is 0 Å². The number of aliphatic hydroxyl groups excluding tert-OH is 1. The van der Waals surface area contributed by atoms with Gasteiger partial charge in [0.25, 0.3) is 0 Å². The van der Waals surface area contributed by atoms with Crippen molar-refractivity contribution < 1.29 is 18.5 Å². The predicted molar refractivity (Wildman–Crippen MR) is 148 cm³/mol. The van der Waals surface area contributed by atoms with E-state index in [1.807, 2.05) is 38.1 Å². The lowest BCUT2D eigenvalue weighted by molar-refractivity contribution is -0.0547. The van der Waals surface area contributed by atoms with Gasteiger partial charge < -0.3 is 14.3 Å². The molecule has 0 radical (unpaired) electrons. The van der Waals surface area contributed by atoms with Gasteiger partial charge in [0.15, 0.2) is 8.32 Å². The minimum atomic E-state index is -2.82. The predicted octanol–water partition coefficient (Wildman–Crippen LogP) is 6.58. The van der Waals surface area contributed by atoms with Crippen LogP contribution in [0.3, 0.4) is 0 Å². The highest BCUT2D eigenvalue weighted by Gasteiger charge is 2.55. The van der Waals surface area contributed by atoms with Crippen molar-refractivity contribution in [1.29, 1.82) is 0 Å². The van der Waals surface area contributed by atoms with E-state index < -0.39 is 29.8 Å². The van der Waals surface area contributed by atoms with E-state index in [9.17, 15) is 9.32 Å². The van der Waals surface area contributed by atoms with Gasteiger partial charge in [0.05, 0.1) is 45.9 Å². The van der Waals surface area contributed by atoms with Gasteiger partial charge in [-0.25, -0.2) is 8.57 Å². The molecule has 1 aromatic rings. The lowest BCUT2D eigenvalue weighted by atomic mass is 9.75. The maximum atomic E-state index is 15.0. The molecule has 1 aliphatic heterocycles. The Morgan fingerprint density at radius 1 is 1.23 bits per heavy atom. The first kappa shape index (κ1) is 28.8. The maximum Gasteiger partial charge on any atom is 0.192 e. The third kappa shape index (κ3) is 6.23. The highest BCUT2D eigenvalue weighted by Crippen LogP contribution is 2.48. The highest BCUT2D eigenvalue weighted by atomic mass is 32.2. The van der Waals surface area contributed by atoms with Crippen molar-refractivity contribution in [2.75, 3.05) is 12.4 Å². The van der Waals surface area contributed by atoms with E-state index in [0.29, 0.717) is 12.4 Å². The quantitative estimate of drug-likeness (QED) is 0.391. The van der Waals surface area contributed by atoms with Gasteiger partial charge in [-0.1, -0.05) is 65.2 Å². The van der Waals surface area contributed by atoms with Crippen molar-refractivity contribution in [3.8, 4) is 0 Å². The average molecular weight is 524 g/mol. The maximum absolute atomic E-state index is 15.0. The van der Waals surface area contributed by atoms with Crippen LogP contribution in [0.1, 0.15) is 72.8 Å². The molecule has 1 aromatic carbocycles. The van der Waals surface area contributed by atoms with Crippen LogP contribution in [0.15, 0.2) is 33.5 Å². The van der Waals surface area contributed by atoms with Crippen LogP contribution in [0, 0.1) is 18.8 Å². The molecule has 1 heterocycles. The minimum Gasteiger partial charge on any atom is -0.415 e. The molecule has 0 unspecified atom stereocenters. The van der Waals surface area contributed by atoms with Gasteiger partial charge in [0.1, 0.15) is 0 Å². The lowest BCUT2D eigenvalue weighted by Crippen LogP contribution is -2.47. The van der Waals surface area contributed by atoms with Crippen molar-refractivity contribution in [3.63, 3.8) is 0 Å². The number of aliphatic hydroxyl groups is 1. The zero-order valence-corrected chi connectivity index (χ0v) is 25.3. The number of benzene rings is 1. The molecule has 2 fully saturated rings. The fraction of sp³-hybridized carbons (Fsp3) is 0.786. The summed E-state index contributed by atoms with van der Waals surface area (Å²) in [7, 11) is -4.79. The Kier molecular flexibility index (Phi) is 8.70. The third-order valence-electron chi connectivity index (χ3n) is 8.68. The second kappa shape index (κ2) is 10.6. The van der Waals surface area contributed by atoms with Crippen LogP contribution in [0.2, 0.25) is 18.1 Å². The summed E-state index contributed by atoms with van der Waals surface area (Å²) in [5.74, 6) is 0.534. The van der Waals surface area contributed by atoms with Crippen LogP contribution < -0.4 is 0 Å². The highest BCUT2D eigenvalue weighted by molar-refractivity contribution is 7.93. The molecule has 0 bridgehead atoms. The van der Waals surface area contributed by atoms with E-state index >= 15 is 0 Å². The summed E-state index contributed by atoms with van der Waals surface area (Å²) in [6.07, 6.45) is 3.09. The summed E-state index contributed by atoms with van der Waals surface area (Å²) in [5.41, 5.74) is 0.539. The molecule has 0 amide bonds. The van der Waals surface area contributed by atoms with Crippen molar-refractivity contribution >= 4 is 18.0 Å². The normalized spacial score (nSPS) is 30.1. The first-order valence-electron chi connectivity index (χ1n) is 13.4. The summed E-state index contributed by atoms with van der Waals surface area (Å²) in [6.45, 7) is 20.0. The number of rotatable bonds is 8. The van der Waals surface area contributed by atoms with E-state index in [-0.39, 0.29) is 29.0 Å². The number of nitrogens with zero attached hydrogens (tertiary/aromatic N) is 1. The summed E-state index contributed by atoms with van der Waals surface area (Å²) in [5, 5.41) is 11.0. The Morgan fingerprint density at radius 3 is 2.43 bits per heavy atom. The number of hydrogen-bond donors (Lipinski definition) is 1. The molecule has 5 nitrogen and oxygen atoms in total. The third-order valence-corrected chi connectivity index (χ3v) is 15.7. The summed E-state index contributed by atoms with van der Waals surface area (Å²) < 4.78 is 33.2. The van der Waals surface area contributed by atoms with Crippen molar-refractivity contribution in [2.45, 2.75) is 121 Å². The van der Waals surface area contributed by atoms with E-state index in [0.717, 1.165) is 36.1 Å². The molecule has 0 spiro atoms. The molecule has 7 heteroatoms. The molecule has 200 valence electrons. The van der Waals surface area contributed by atoms with E-state index in [1.54, 1.807) is 0 Å². The van der Waals surface area contributed by atoms with Crippen molar-refractivity contribution in [3.05, 3.63) is 29.8 Å². The largest absolute Gasteiger partial charge is 0.415 e. The Bertz CT molecular complexity index is 978. The summed E-state index contributed by atoms with van der Waals surface area (Å²) in [4.78, 5) is 0.761. The van der Waals surface area contributed by atoms with Crippen LogP contribution in [0.5, 0.6) is 0 Å². The van der Waals surface area contributed by atoms with Gasteiger partial charge >= 0.3 is 0 Å². The standard InChI is InChI=1S/C28H49NO4SSi/c1-20(2)25(18-32-35(8,9)27(5,6)7)29-34(31,23-15-13-21(3)14-16-23)19-28-17-11-10-12-24(28)26(30)22(4)33-28/h13-16,20,22,24-26,30H,10-12,17-19H2,1-9H3/t22-,24-,25+,26-,28+,34-/m1/s1. The van der Waals surface area contributed by atoms with Gasteiger partial charge in [-0.3, -0.25) is 0 Å². The molecular weight excluding hydrogens is 474 g/mol. The van der Waals surface area contributed by atoms with Crippen LogP contribution in [0.4, 0.5) is 0 Å². The van der Waals surface area contributed by atoms with Crippen LogP contribution in [-0.4, -0.2) is 53.8 Å². The Hall–Kier alpha value is -0.733. The monoisotopic (exact) mass is 523 g/mol. The summed E-state index contributed by atoms with van der Waals surface area (Å²) >= 11 is 0. The molecular formula is C28H49NO4SSi. The number of aryl methyl sites for hydroxylation is 1. The molecule has 2 aliphatic rings. The Balaban J connectivity index is 2.04. The van der Waals surface area contributed by atoms with Crippen molar-refractivity contribution in [2.24, 2.45) is 16.2 Å². The van der Waals surface area contributed by atoms with E-state index in [4.69, 9.17) is 13.5 Å². The molecule has 1 saturated heterocycles. The van der Waals surface area contributed by atoms with Crippen LogP contribution in [-0.2, 0) is 18.9 Å². The first-order valence-corrected chi connectivity index (χ1v) is 18.0. The zero-order chi connectivity index (χ0) is 26.2. The lowest BCUT2D eigenvalue weighted by Gasteiger charge is -2.40. The number of hydrogen-bond acceptors (Lipinski definition) is 5. The average Bonchev–Trinajstić information content (AvgIpc) is 3.00. The molecule has 1 saturated carbocycles. The second-order valence-electron chi connectivity index (χ2n) is 12.8. The zero-order valence-electron chi connectivity index (χ0n) is 23.5. The number of ether oxygens (including phenoxy) is 1. The SMILES string of the molecule is Cc1ccc([S@](=O)(C[C@@]23CCCC[C@@H]2[C@H](O)[C@@H](C)O3)=N[C@@H](CO[Si](C)(C)C(C)(C)C)C(C)C)cc1. The molecule has 3 rings (SSSR count). The van der Waals surface area contributed by atoms with Gasteiger partial charge in [-0.2, -0.15) is 0 Å². The van der Waals surface area contributed by atoms with Gasteiger partial charge in [0, 0.05) is 10.8 Å². The topological polar surface area (TPSA) is 68.1 Å². The minimum absolute atomic E-state index is 0.00806. The Labute approximate surface area is 215 Å². The molecule has 1 aliphatic carbocycles. The van der Waals surface area contributed by atoms with Gasteiger partial charge in [0.2, 0.25) is 0 Å². The molecule has 1 N–H and O–H groups in total. The van der Waals surface area contributed by atoms with Crippen LogP contribution in [0.25, 0.3) is 0 Å². The molecule has 6 atom stereocenters. The smallest absolute Gasteiger partial charge is 0.192 e. The first-order chi connectivity index (χ1) is 16.1. The molecule has 0 aromatic heterocycles. The van der Waals surface area contributed by atoms with Gasteiger partial charge in [-0.15, -0.1) is 0 Å².